The highest BCUT2D eigenvalue weighted by Crippen LogP contribution is 2.25. The standard InChI is InChI=1S/C8H8N2S.C2H6/c1-5-6(2)11-8-7(5)9-3-4-10-8;1-2/h3-4H,1-2H3;1-2H3. The Morgan fingerprint density at radius 3 is 2.31 bits per heavy atom. The van der Waals surface area contributed by atoms with Crippen LogP contribution in [-0.2, 0) is 0 Å². The molecular weight excluding hydrogens is 180 g/mol. The molecule has 2 heterocycles. The van der Waals surface area contributed by atoms with E-state index in [-0.39, 0.29) is 0 Å². The Bertz CT molecular complexity index is 393. The molecule has 3 heteroatoms. The van der Waals surface area contributed by atoms with Gasteiger partial charge in [0.2, 0.25) is 0 Å². The molecule has 2 rings (SSSR count). The second-order valence-electron chi connectivity index (χ2n) is 2.49. The lowest BCUT2D eigenvalue weighted by Gasteiger charge is -1.86. The van der Waals surface area contributed by atoms with E-state index in [1.54, 1.807) is 23.7 Å². The van der Waals surface area contributed by atoms with Crippen molar-refractivity contribution in [3.8, 4) is 0 Å². The number of thiophene rings is 1. The predicted octanol–water partition coefficient (Wildman–Crippen LogP) is 3.33. The lowest BCUT2D eigenvalue weighted by atomic mass is 10.3. The minimum atomic E-state index is 1.04. The first-order valence-corrected chi connectivity index (χ1v) is 5.27. The number of aromatic nitrogens is 2. The SMILES string of the molecule is CC.Cc1sc2nccnc2c1C. The van der Waals surface area contributed by atoms with E-state index >= 15 is 0 Å². The van der Waals surface area contributed by atoms with Crippen molar-refractivity contribution in [2.75, 3.05) is 0 Å². The summed E-state index contributed by atoms with van der Waals surface area (Å²) in [4.78, 5) is 10.8. The van der Waals surface area contributed by atoms with Crippen LogP contribution < -0.4 is 0 Å². The topological polar surface area (TPSA) is 25.8 Å². The van der Waals surface area contributed by atoms with Crippen LogP contribution in [0.15, 0.2) is 12.4 Å². The minimum Gasteiger partial charge on any atom is -0.252 e. The average molecular weight is 194 g/mol. The molecule has 0 saturated carbocycles. The normalized spacial score (nSPS) is 9.54. The molecule has 0 radical (unpaired) electrons. The molecular formula is C10H14N2S. The lowest BCUT2D eigenvalue weighted by molar-refractivity contribution is 1.29. The van der Waals surface area contributed by atoms with E-state index in [1.807, 2.05) is 13.8 Å². The smallest absolute Gasteiger partial charge is 0.142 e. The Balaban J connectivity index is 0.000000396. The van der Waals surface area contributed by atoms with Crippen molar-refractivity contribution in [2.45, 2.75) is 27.7 Å². The summed E-state index contributed by atoms with van der Waals surface area (Å²) in [6, 6.07) is 0. The zero-order chi connectivity index (χ0) is 9.84. The molecule has 0 aliphatic carbocycles. The van der Waals surface area contributed by atoms with E-state index in [0.29, 0.717) is 0 Å². The van der Waals surface area contributed by atoms with Gasteiger partial charge in [0.05, 0.1) is 0 Å². The summed E-state index contributed by atoms with van der Waals surface area (Å²) in [5.74, 6) is 0. The van der Waals surface area contributed by atoms with Crippen molar-refractivity contribution >= 4 is 21.7 Å². The van der Waals surface area contributed by atoms with Gasteiger partial charge >= 0.3 is 0 Å². The van der Waals surface area contributed by atoms with Gasteiger partial charge < -0.3 is 0 Å². The van der Waals surface area contributed by atoms with Crippen LogP contribution in [0.4, 0.5) is 0 Å². The largest absolute Gasteiger partial charge is 0.252 e. The van der Waals surface area contributed by atoms with Gasteiger partial charge in [-0.2, -0.15) is 0 Å². The van der Waals surface area contributed by atoms with Gasteiger partial charge in [-0.1, -0.05) is 13.8 Å². The second kappa shape index (κ2) is 4.33. The van der Waals surface area contributed by atoms with E-state index in [2.05, 4.69) is 23.8 Å². The minimum absolute atomic E-state index is 1.04. The van der Waals surface area contributed by atoms with Crippen LogP contribution in [0.5, 0.6) is 0 Å². The summed E-state index contributed by atoms with van der Waals surface area (Å²) in [6.45, 7) is 8.19. The van der Waals surface area contributed by atoms with Gasteiger partial charge in [0.25, 0.3) is 0 Å². The van der Waals surface area contributed by atoms with Gasteiger partial charge in [-0.25, -0.2) is 4.98 Å². The lowest BCUT2D eigenvalue weighted by Crippen LogP contribution is -1.77. The molecule has 70 valence electrons. The maximum Gasteiger partial charge on any atom is 0.142 e. The molecule has 2 aromatic rings. The molecule has 0 atom stereocenters. The van der Waals surface area contributed by atoms with Crippen molar-refractivity contribution in [3.05, 3.63) is 22.8 Å². The third-order valence-electron chi connectivity index (χ3n) is 1.80. The molecule has 0 N–H and O–H groups in total. The van der Waals surface area contributed by atoms with E-state index in [9.17, 15) is 0 Å². The van der Waals surface area contributed by atoms with Crippen molar-refractivity contribution in [1.29, 1.82) is 0 Å². The quantitative estimate of drug-likeness (QED) is 0.643. The number of aryl methyl sites for hydroxylation is 2. The molecule has 0 aromatic carbocycles. The number of fused-ring (bicyclic) bond motifs is 1. The highest BCUT2D eigenvalue weighted by molar-refractivity contribution is 7.18. The van der Waals surface area contributed by atoms with Crippen LogP contribution in [-0.4, -0.2) is 9.97 Å². The molecule has 0 spiro atoms. The van der Waals surface area contributed by atoms with E-state index in [4.69, 9.17) is 0 Å². The third kappa shape index (κ3) is 1.86. The van der Waals surface area contributed by atoms with Crippen molar-refractivity contribution < 1.29 is 0 Å². The van der Waals surface area contributed by atoms with Crippen LogP contribution in [0.3, 0.4) is 0 Å². The molecule has 2 nitrogen and oxygen atoms in total. The third-order valence-corrected chi connectivity index (χ3v) is 2.90. The summed E-state index contributed by atoms with van der Waals surface area (Å²) < 4.78 is 0. The summed E-state index contributed by atoms with van der Waals surface area (Å²) in [5, 5.41) is 0. The van der Waals surface area contributed by atoms with Gasteiger partial charge in [-0.3, -0.25) is 4.98 Å². The van der Waals surface area contributed by atoms with E-state index in [0.717, 1.165) is 10.3 Å². The first-order valence-electron chi connectivity index (χ1n) is 4.46. The maximum absolute atomic E-state index is 4.25. The Morgan fingerprint density at radius 1 is 1.08 bits per heavy atom. The first-order chi connectivity index (χ1) is 6.29. The summed E-state index contributed by atoms with van der Waals surface area (Å²) in [6.07, 6.45) is 3.47. The fraction of sp³-hybridized carbons (Fsp3) is 0.400. The average Bonchev–Trinajstić information content (AvgIpc) is 2.47. The van der Waals surface area contributed by atoms with Crippen LogP contribution in [0.1, 0.15) is 24.3 Å². The van der Waals surface area contributed by atoms with Gasteiger partial charge in [-0.15, -0.1) is 11.3 Å². The van der Waals surface area contributed by atoms with Gasteiger partial charge in [0.15, 0.2) is 0 Å². The number of nitrogens with zero attached hydrogens (tertiary/aromatic N) is 2. The Morgan fingerprint density at radius 2 is 1.69 bits per heavy atom. The molecule has 0 amide bonds. The summed E-state index contributed by atoms with van der Waals surface area (Å²) in [7, 11) is 0. The zero-order valence-corrected chi connectivity index (χ0v) is 9.27. The number of rotatable bonds is 0. The van der Waals surface area contributed by atoms with Crippen LogP contribution in [0.2, 0.25) is 0 Å². The predicted molar refractivity (Wildman–Crippen MR) is 58.2 cm³/mol. The molecule has 0 saturated heterocycles. The van der Waals surface area contributed by atoms with Gasteiger partial charge in [0, 0.05) is 17.3 Å². The molecule has 0 aliphatic rings. The van der Waals surface area contributed by atoms with E-state index < -0.39 is 0 Å². The maximum atomic E-state index is 4.25. The van der Waals surface area contributed by atoms with Crippen molar-refractivity contribution in [2.24, 2.45) is 0 Å². The molecule has 13 heavy (non-hydrogen) atoms. The molecule has 0 aliphatic heterocycles. The monoisotopic (exact) mass is 194 g/mol. The molecule has 2 aromatic heterocycles. The Kier molecular flexibility index (Phi) is 3.37. The number of hydrogen-bond acceptors (Lipinski definition) is 3. The van der Waals surface area contributed by atoms with E-state index in [1.165, 1.54) is 10.4 Å². The highest BCUT2D eigenvalue weighted by Gasteiger charge is 2.04. The molecule has 0 fully saturated rings. The fourth-order valence-corrected chi connectivity index (χ4v) is 2.00. The zero-order valence-electron chi connectivity index (χ0n) is 8.46. The second-order valence-corrected chi connectivity index (χ2v) is 3.70. The van der Waals surface area contributed by atoms with Gasteiger partial charge in [0.1, 0.15) is 10.3 Å². The fourth-order valence-electron chi connectivity index (χ4n) is 1.05. The molecule has 0 unspecified atom stereocenters. The Hall–Kier alpha value is -0.960. The Labute approximate surface area is 82.7 Å². The van der Waals surface area contributed by atoms with Crippen LogP contribution >= 0.6 is 11.3 Å². The first kappa shape index (κ1) is 10.1. The van der Waals surface area contributed by atoms with Crippen molar-refractivity contribution in [1.82, 2.24) is 9.97 Å². The van der Waals surface area contributed by atoms with Crippen LogP contribution in [0.25, 0.3) is 10.3 Å². The number of hydrogen-bond donors (Lipinski definition) is 0. The van der Waals surface area contributed by atoms with Gasteiger partial charge in [-0.05, 0) is 19.4 Å². The summed E-state index contributed by atoms with van der Waals surface area (Å²) in [5.41, 5.74) is 2.31. The highest BCUT2D eigenvalue weighted by atomic mass is 32.1. The summed E-state index contributed by atoms with van der Waals surface area (Å²) >= 11 is 1.71. The molecule has 0 bridgehead atoms. The van der Waals surface area contributed by atoms with Crippen molar-refractivity contribution in [3.63, 3.8) is 0 Å². The van der Waals surface area contributed by atoms with Crippen LogP contribution in [0, 0.1) is 13.8 Å².